The summed E-state index contributed by atoms with van der Waals surface area (Å²) >= 11 is 5.69. The second kappa shape index (κ2) is 4.32. The average molecular weight is 181 g/mol. The minimum atomic E-state index is 0.605. The predicted molar refractivity (Wildman–Crippen MR) is 55.6 cm³/mol. The standard InChI is InChI=1S/C11H13Cl/c1-9(8-12)7-11-6-4-3-5-10(11)2/h3-7H,8H2,1-2H3/b9-7-. The lowest BCUT2D eigenvalue weighted by Crippen LogP contribution is -1.81. The van der Waals surface area contributed by atoms with Crippen LogP contribution in [0.5, 0.6) is 0 Å². The van der Waals surface area contributed by atoms with Crippen LogP contribution in [0.1, 0.15) is 18.1 Å². The molecule has 64 valence electrons. The molecule has 0 fully saturated rings. The molecule has 0 aromatic heterocycles. The lowest BCUT2D eigenvalue weighted by atomic mass is 10.1. The average Bonchev–Trinajstić information content (AvgIpc) is 2.09. The molecule has 1 aromatic carbocycles. The monoisotopic (exact) mass is 180 g/mol. The summed E-state index contributed by atoms with van der Waals surface area (Å²) in [6.45, 7) is 4.15. The van der Waals surface area contributed by atoms with Crippen LogP contribution >= 0.6 is 11.6 Å². The molecule has 0 spiro atoms. The van der Waals surface area contributed by atoms with E-state index in [0.717, 1.165) is 0 Å². The van der Waals surface area contributed by atoms with E-state index in [2.05, 4.69) is 25.1 Å². The molecular weight excluding hydrogens is 168 g/mol. The Bertz CT molecular complexity index is 287. The maximum atomic E-state index is 5.69. The fourth-order valence-corrected chi connectivity index (χ4v) is 1.13. The zero-order valence-corrected chi connectivity index (χ0v) is 8.23. The summed E-state index contributed by atoms with van der Waals surface area (Å²) in [4.78, 5) is 0. The van der Waals surface area contributed by atoms with Gasteiger partial charge in [-0.05, 0) is 25.0 Å². The van der Waals surface area contributed by atoms with Crippen LogP contribution in [0.4, 0.5) is 0 Å². The number of aryl methyl sites for hydroxylation is 1. The number of rotatable bonds is 2. The van der Waals surface area contributed by atoms with Gasteiger partial charge in [-0.25, -0.2) is 0 Å². The van der Waals surface area contributed by atoms with Crippen molar-refractivity contribution in [3.63, 3.8) is 0 Å². The number of allylic oxidation sites excluding steroid dienone is 1. The van der Waals surface area contributed by atoms with Gasteiger partial charge in [-0.1, -0.05) is 35.9 Å². The summed E-state index contributed by atoms with van der Waals surface area (Å²) < 4.78 is 0. The highest BCUT2D eigenvalue weighted by Gasteiger charge is 1.92. The topological polar surface area (TPSA) is 0 Å². The Balaban J connectivity index is 2.96. The number of alkyl halides is 1. The van der Waals surface area contributed by atoms with Crippen molar-refractivity contribution in [3.8, 4) is 0 Å². The molecule has 0 aliphatic rings. The molecule has 0 unspecified atom stereocenters. The van der Waals surface area contributed by atoms with E-state index < -0.39 is 0 Å². The summed E-state index contributed by atoms with van der Waals surface area (Å²) in [5.41, 5.74) is 3.75. The predicted octanol–water partition coefficient (Wildman–Crippen LogP) is 3.64. The second-order valence-corrected chi connectivity index (χ2v) is 3.25. The Morgan fingerprint density at radius 3 is 2.67 bits per heavy atom. The van der Waals surface area contributed by atoms with Gasteiger partial charge >= 0.3 is 0 Å². The fourth-order valence-electron chi connectivity index (χ4n) is 1.05. The molecule has 1 rings (SSSR count). The van der Waals surface area contributed by atoms with Crippen LogP contribution in [0, 0.1) is 6.92 Å². The minimum Gasteiger partial charge on any atom is -0.122 e. The van der Waals surface area contributed by atoms with E-state index >= 15 is 0 Å². The van der Waals surface area contributed by atoms with E-state index in [1.54, 1.807) is 0 Å². The van der Waals surface area contributed by atoms with Gasteiger partial charge in [-0.3, -0.25) is 0 Å². The van der Waals surface area contributed by atoms with E-state index in [4.69, 9.17) is 11.6 Å². The second-order valence-electron chi connectivity index (χ2n) is 2.98. The molecule has 1 heteroatoms. The van der Waals surface area contributed by atoms with Crippen LogP contribution in [-0.4, -0.2) is 5.88 Å². The minimum absolute atomic E-state index is 0.605. The molecule has 0 heterocycles. The lowest BCUT2D eigenvalue weighted by Gasteiger charge is -2.00. The van der Waals surface area contributed by atoms with Crippen molar-refractivity contribution in [2.24, 2.45) is 0 Å². The van der Waals surface area contributed by atoms with E-state index in [-0.39, 0.29) is 0 Å². The summed E-state index contributed by atoms with van der Waals surface area (Å²) in [6, 6.07) is 8.29. The van der Waals surface area contributed by atoms with Crippen molar-refractivity contribution in [3.05, 3.63) is 41.0 Å². The van der Waals surface area contributed by atoms with Gasteiger partial charge in [0.15, 0.2) is 0 Å². The quantitative estimate of drug-likeness (QED) is 0.610. The van der Waals surface area contributed by atoms with Gasteiger partial charge in [0.2, 0.25) is 0 Å². The van der Waals surface area contributed by atoms with Crippen molar-refractivity contribution in [2.45, 2.75) is 13.8 Å². The van der Waals surface area contributed by atoms with E-state index in [1.165, 1.54) is 16.7 Å². The third-order valence-corrected chi connectivity index (χ3v) is 2.22. The lowest BCUT2D eigenvalue weighted by molar-refractivity contribution is 1.39. The van der Waals surface area contributed by atoms with Crippen LogP contribution in [-0.2, 0) is 0 Å². The van der Waals surface area contributed by atoms with Crippen LogP contribution in [0.25, 0.3) is 6.08 Å². The molecule has 0 radical (unpaired) electrons. The number of halogens is 1. The van der Waals surface area contributed by atoms with Crippen LogP contribution < -0.4 is 0 Å². The smallest absolute Gasteiger partial charge is 0.0434 e. The molecular formula is C11H13Cl. The molecule has 0 aliphatic heterocycles. The third kappa shape index (κ3) is 2.38. The highest BCUT2D eigenvalue weighted by Crippen LogP contribution is 2.12. The summed E-state index contributed by atoms with van der Waals surface area (Å²) in [7, 11) is 0. The number of hydrogen-bond acceptors (Lipinski definition) is 0. The van der Waals surface area contributed by atoms with Gasteiger partial charge in [0.05, 0.1) is 0 Å². The maximum absolute atomic E-state index is 5.69. The first-order valence-electron chi connectivity index (χ1n) is 4.03. The summed E-state index contributed by atoms with van der Waals surface area (Å²) in [6.07, 6.45) is 2.13. The third-order valence-electron chi connectivity index (χ3n) is 1.80. The summed E-state index contributed by atoms with van der Waals surface area (Å²) in [5, 5.41) is 0. The Hall–Kier alpha value is -0.750. The molecule has 0 N–H and O–H groups in total. The van der Waals surface area contributed by atoms with Crippen molar-refractivity contribution in [1.29, 1.82) is 0 Å². The molecule has 0 amide bonds. The van der Waals surface area contributed by atoms with Gasteiger partial charge in [0.1, 0.15) is 0 Å². The Labute approximate surface area is 78.9 Å². The first-order valence-corrected chi connectivity index (χ1v) is 4.56. The van der Waals surface area contributed by atoms with Crippen molar-refractivity contribution in [2.75, 3.05) is 5.88 Å². The normalized spacial score (nSPS) is 11.8. The van der Waals surface area contributed by atoms with Gasteiger partial charge < -0.3 is 0 Å². The molecule has 0 nitrogen and oxygen atoms in total. The van der Waals surface area contributed by atoms with E-state index in [1.807, 2.05) is 19.1 Å². The van der Waals surface area contributed by atoms with Crippen molar-refractivity contribution < 1.29 is 0 Å². The molecule has 0 saturated heterocycles. The highest BCUT2D eigenvalue weighted by molar-refractivity contribution is 6.19. The molecule has 0 saturated carbocycles. The van der Waals surface area contributed by atoms with E-state index in [9.17, 15) is 0 Å². The van der Waals surface area contributed by atoms with Crippen LogP contribution in [0.15, 0.2) is 29.8 Å². The number of benzene rings is 1. The van der Waals surface area contributed by atoms with Gasteiger partial charge in [0.25, 0.3) is 0 Å². The van der Waals surface area contributed by atoms with Crippen molar-refractivity contribution in [1.82, 2.24) is 0 Å². The molecule has 0 atom stereocenters. The largest absolute Gasteiger partial charge is 0.122 e. The van der Waals surface area contributed by atoms with Crippen LogP contribution in [0.3, 0.4) is 0 Å². The Kier molecular flexibility index (Phi) is 3.36. The zero-order valence-electron chi connectivity index (χ0n) is 7.47. The van der Waals surface area contributed by atoms with Gasteiger partial charge in [-0.15, -0.1) is 11.6 Å². The molecule has 0 aliphatic carbocycles. The Morgan fingerprint density at radius 1 is 1.42 bits per heavy atom. The van der Waals surface area contributed by atoms with Crippen molar-refractivity contribution >= 4 is 17.7 Å². The first kappa shape index (κ1) is 9.34. The Morgan fingerprint density at radius 2 is 2.08 bits per heavy atom. The van der Waals surface area contributed by atoms with Gasteiger partial charge in [0, 0.05) is 5.88 Å². The molecule has 12 heavy (non-hydrogen) atoms. The molecule has 0 bridgehead atoms. The fraction of sp³-hybridized carbons (Fsp3) is 0.273. The first-order chi connectivity index (χ1) is 5.74. The SMILES string of the molecule is C/C(=C/c1ccccc1C)CCl. The zero-order chi connectivity index (χ0) is 8.97. The van der Waals surface area contributed by atoms with E-state index in [0.29, 0.717) is 5.88 Å². The molecule has 1 aromatic rings. The highest BCUT2D eigenvalue weighted by atomic mass is 35.5. The number of hydrogen-bond donors (Lipinski definition) is 0. The van der Waals surface area contributed by atoms with Gasteiger partial charge in [-0.2, -0.15) is 0 Å². The summed E-state index contributed by atoms with van der Waals surface area (Å²) in [5.74, 6) is 0.605. The van der Waals surface area contributed by atoms with Crippen LogP contribution in [0.2, 0.25) is 0 Å². The maximum Gasteiger partial charge on any atom is 0.0434 e.